The first-order chi connectivity index (χ1) is 14.3. The molecule has 3 rings (SSSR count). The Labute approximate surface area is 181 Å². The molecule has 1 amide bonds. The number of nitrogens with zero attached hydrogens (tertiary/aromatic N) is 2. The third-order valence-corrected chi connectivity index (χ3v) is 5.34. The largest absolute Gasteiger partial charge is 0.493 e. The number of amides is 1. The third-order valence-electron chi connectivity index (χ3n) is 5.06. The Morgan fingerprint density at radius 3 is 2.63 bits per heavy atom. The molecule has 1 aromatic carbocycles. The predicted molar refractivity (Wildman–Crippen MR) is 115 cm³/mol. The first-order valence-corrected chi connectivity index (χ1v) is 10.6. The van der Waals surface area contributed by atoms with Crippen LogP contribution < -0.4 is 14.8 Å². The highest BCUT2D eigenvalue weighted by atomic mass is 35.5. The van der Waals surface area contributed by atoms with Crippen molar-refractivity contribution in [1.29, 1.82) is 0 Å². The molecule has 0 atom stereocenters. The number of aryl methyl sites for hydroxylation is 1. The number of ether oxygens (including phenoxy) is 2. The van der Waals surface area contributed by atoms with Crippen molar-refractivity contribution < 1.29 is 18.8 Å². The summed E-state index contributed by atoms with van der Waals surface area (Å²) >= 11 is 6.37. The van der Waals surface area contributed by atoms with E-state index in [1.165, 1.54) is 6.08 Å². The summed E-state index contributed by atoms with van der Waals surface area (Å²) in [5.74, 6) is 1.81. The molecule has 0 unspecified atom stereocenters. The van der Waals surface area contributed by atoms with E-state index < -0.39 is 5.54 Å². The third kappa shape index (κ3) is 5.14. The summed E-state index contributed by atoms with van der Waals surface area (Å²) in [6.07, 6.45) is 7.84. The van der Waals surface area contributed by atoms with Crippen LogP contribution in [0, 0.1) is 6.92 Å². The number of hydrogen-bond acceptors (Lipinski definition) is 6. The number of benzene rings is 1. The zero-order valence-electron chi connectivity index (χ0n) is 17.8. The van der Waals surface area contributed by atoms with Gasteiger partial charge in [-0.05, 0) is 50.5 Å². The molecule has 7 nitrogen and oxygen atoms in total. The summed E-state index contributed by atoms with van der Waals surface area (Å²) in [7, 11) is 1.55. The molecule has 0 saturated heterocycles. The zero-order chi connectivity index (χ0) is 21.7. The van der Waals surface area contributed by atoms with Gasteiger partial charge in [0.2, 0.25) is 11.8 Å². The quantitative estimate of drug-likeness (QED) is 0.630. The van der Waals surface area contributed by atoms with Crippen LogP contribution in [0.15, 0.2) is 22.7 Å². The van der Waals surface area contributed by atoms with Gasteiger partial charge in [0, 0.05) is 13.0 Å². The van der Waals surface area contributed by atoms with Gasteiger partial charge in [-0.15, -0.1) is 0 Å². The molecular weight excluding hydrogens is 406 g/mol. The topological polar surface area (TPSA) is 86.5 Å². The molecule has 1 N–H and O–H groups in total. The van der Waals surface area contributed by atoms with Gasteiger partial charge in [-0.25, -0.2) is 0 Å². The number of nitrogens with one attached hydrogen (secondary N) is 1. The summed E-state index contributed by atoms with van der Waals surface area (Å²) in [5.41, 5.74) is 0.137. The smallest absolute Gasteiger partial charge is 0.244 e. The second-order valence-electron chi connectivity index (χ2n) is 7.80. The van der Waals surface area contributed by atoms with Gasteiger partial charge in [-0.3, -0.25) is 4.79 Å². The van der Waals surface area contributed by atoms with E-state index in [1.54, 1.807) is 32.2 Å². The predicted octanol–water partition coefficient (Wildman–Crippen LogP) is 4.82. The van der Waals surface area contributed by atoms with Crippen LogP contribution in [-0.2, 0) is 10.3 Å². The van der Waals surface area contributed by atoms with Gasteiger partial charge in [0.15, 0.2) is 17.3 Å². The SMILES string of the molecule is COc1cc(/C=C/C(=O)NC2(c3noc(C)n3)CCCCC2)cc(Cl)c1OC(C)C. The molecule has 0 radical (unpaired) electrons. The van der Waals surface area contributed by atoms with Crippen LogP contribution in [0.2, 0.25) is 5.02 Å². The minimum Gasteiger partial charge on any atom is -0.493 e. The van der Waals surface area contributed by atoms with E-state index in [1.807, 2.05) is 13.8 Å². The molecule has 8 heteroatoms. The first-order valence-electron chi connectivity index (χ1n) is 10.2. The number of halogens is 1. The van der Waals surface area contributed by atoms with E-state index in [4.69, 9.17) is 25.6 Å². The van der Waals surface area contributed by atoms with Crippen LogP contribution >= 0.6 is 11.6 Å². The fourth-order valence-electron chi connectivity index (χ4n) is 3.69. The van der Waals surface area contributed by atoms with Crippen LogP contribution in [0.4, 0.5) is 0 Å². The van der Waals surface area contributed by atoms with Crippen LogP contribution in [0.25, 0.3) is 6.08 Å². The minimum atomic E-state index is -0.596. The molecule has 1 aliphatic rings. The maximum atomic E-state index is 12.7. The average molecular weight is 434 g/mol. The number of carbonyl (C=O) groups is 1. The highest BCUT2D eigenvalue weighted by Gasteiger charge is 2.39. The molecule has 1 aromatic heterocycles. The molecule has 162 valence electrons. The standard InChI is InChI=1S/C22H28ClN3O4/c1-14(2)29-20-17(23)12-16(13-18(20)28-4)8-9-19(27)25-22(10-6-5-7-11-22)21-24-15(3)30-26-21/h8-9,12-14H,5-7,10-11H2,1-4H3,(H,25,27)/b9-8+. The summed E-state index contributed by atoms with van der Waals surface area (Å²) in [6.45, 7) is 5.58. The Morgan fingerprint density at radius 1 is 1.30 bits per heavy atom. The minimum absolute atomic E-state index is 0.0379. The number of rotatable bonds is 7. The highest BCUT2D eigenvalue weighted by Crippen LogP contribution is 2.38. The van der Waals surface area contributed by atoms with Crippen molar-refractivity contribution >= 4 is 23.6 Å². The van der Waals surface area contributed by atoms with Crippen molar-refractivity contribution in [3.63, 3.8) is 0 Å². The molecule has 0 spiro atoms. The molecule has 1 fully saturated rings. The fraction of sp³-hybridized carbons (Fsp3) is 0.500. The van der Waals surface area contributed by atoms with E-state index in [2.05, 4.69) is 15.5 Å². The van der Waals surface area contributed by atoms with Crippen molar-refractivity contribution in [1.82, 2.24) is 15.5 Å². The van der Waals surface area contributed by atoms with Crippen molar-refractivity contribution in [3.8, 4) is 11.5 Å². The number of methoxy groups -OCH3 is 1. The average Bonchev–Trinajstić information content (AvgIpc) is 3.15. The van der Waals surface area contributed by atoms with Gasteiger partial charge in [-0.1, -0.05) is 36.0 Å². The van der Waals surface area contributed by atoms with E-state index in [0.717, 1.165) is 37.7 Å². The van der Waals surface area contributed by atoms with Crippen molar-refractivity contribution in [2.24, 2.45) is 0 Å². The van der Waals surface area contributed by atoms with Gasteiger partial charge in [0.05, 0.1) is 18.2 Å². The lowest BCUT2D eigenvalue weighted by molar-refractivity contribution is -0.119. The second kappa shape index (κ2) is 9.51. The first kappa shape index (κ1) is 22.2. The normalized spacial score (nSPS) is 16.1. The Morgan fingerprint density at radius 2 is 2.03 bits per heavy atom. The van der Waals surface area contributed by atoms with Gasteiger partial charge >= 0.3 is 0 Å². The van der Waals surface area contributed by atoms with E-state index in [9.17, 15) is 4.79 Å². The van der Waals surface area contributed by atoms with Gasteiger partial charge in [-0.2, -0.15) is 4.98 Å². The molecular formula is C22H28ClN3O4. The van der Waals surface area contributed by atoms with Gasteiger partial charge in [0.1, 0.15) is 5.54 Å². The molecule has 1 heterocycles. The lowest BCUT2D eigenvalue weighted by Gasteiger charge is -2.34. The van der Waals surface area contributed by atoms with Crippen LogP contribution in [0.5, 0.6) is 11.5 Å². The van der Waals surface area contributed by atoms with E-state index in [-0.39, 0.29) is 12.0 Å². The zero-order valence-corrected chi connectivity index (χ0v) is 18.6. The van der Waals surface area contributed by atoms with Crippen molar-refractivity contribution in [3.05, 3.63) is 40.5 Å². The molecule has 2 aromatic rings. The monoisotopic (exact) mass is 433 g/mol. The van der Waals surface area contributed by atoms with E-state index >= 15 is 0 Å². The van der Waals surface area contributed by atoms with Crippen molar-refractivity contribution in [2.45, 2.75) is 64.5 Å². The maximum Gasteiger partial charge on any atom is 0.244 e. The Hall–Kier alpha value is -2.54. The highest BCUT2D eigenvalue weighted by molar-refractivity contribution is 6.32. The number of aromatic nitrogens is 2. The molecule has 0 aliphatic heterocycles. The molecule has 0 bridgehead atoms. The molecule has 1 saturated carbocycles. The summed E-state index contributed by atoms with van der Waals surface area (Å²) < 4.78 is 16.3. The fourth-order valence-corrected chi connectivity index (χ4v) is 3.95. The maximum absolute atomic E-state index is 12.7. The lowest BCUT2D eigenvalue weighted by atomic mass is 9.81. The van der Waals surface area contributed by atoms with Crippen molar-refractivity contribution in [2.75, 3.05) is 7.11 Å². The molecule has 1 aliphatic carbocycles. The Kier molecular flexibility index (Phi) is 7.02. The Bertz CT molecular complexity index is 917. The van der Waals surface area contributed by atoms with E-state index in [0.29, 0.717) is 28.2 Å². The summed E-state index contributed by atoms with van der Waals surface area (Å²) in [6, 6.07) is 3.52. The summed E-state index contributed by atoms with van der Waals surface area (Å²) in [5, 5.41) is 7.62. The lowest BCUT2D eigenvalue weighted by Crippen LogP contribution is -2.47. The second-order valence-corrected chi connectivity index (χ2v) is 8.21. The van der Waals surface area contributed by atoms with Crippen LogP contribution in [0.1, 0.15) is 63.2 Å². The number of carbonyl (C=O) groups excluding carboxylic acids is 1. The van der Waals surface area contributed by atoms with Gasteiger partial charge in [0.25, 0.3) is 0 Å². The van der Waals surface area contributed by atoms with Crippen LogP contribution in [-0.4, -0.2) is 29.3 Å². The van der Waals surface area contributed by atoms with Gasteiger partial charge < -0.3 is 19.3 Å². The number of hydrogen-bond donors (Lipinski definition) is 1. The van der Waals surface area contributed by atoms with Crippen LogP contribution in [0.3, 0.4) is 0 Å². The summed E-state index contributed by atoms with van der Waals surface area (Å²) in [4.78, 5) is 17.1. The molecule has 30 heavy (non-hydrogen) atoms. The Balaban J connectivity index is 1.78.